The molecule has 1 aromatic heterocycles. The second-order valence-electron chi connectivity index (χ2n) is 7.11. The Kier molecular flexibility index (Phi) is 8.42. The molecule has 1 aromatic carbocycles. The van der Waals surface area contributed by atoms with Gasteiger partial charge in [-0.1, -0.05) is 31.5 Å². The number of carbonyl (C=O) groups excluding carboxylic acids is 2. The van der Waals surface area contributed by atoms with Crippen molar-refractivity contribution < 1.29 is 9.59 Å². The zero-order chi connectivity index (χ0) is 23.0. The average Bonchev–Trinajstić information content (AvgIpc) is 2.73. The molecular weight excluding hydrogens is 400 g/mol. The number of likely N-dealkylation sites (N-methyl/N-ethyl adjacent to an activating group) is 1. The molecule has 10 nitrogen and oxygen atoms in total. The fraction of sp³-hybridized carbons (Fsp3) is 0.429. The van der Waals surface area contributed by atoms with Gasteiger partial charge in [-0.05, 0) is 25.5 Å². The normalized spacial score (nSPS) is 10.6. The van der Waals surface area contributed by atoms with Gasteiger partial charge in [0, 0.05) is 31.7 Å². The molecule has 168 valence electrons. The van der Waals surface area contributed by atoms with Gasteiger partial charge in [0.1, 0.15) is 11.5 Å². The molecule has 0 saturated carbocycles. The lowest BCUT2D eigenvalue weighted by atomic mass is 10.2. The number of nitrogens with two attached hydrogens (primary N) is 2. The topological polar surface area (TPSA) is 148 Å². The maximum Gasteiger partial charge on any atom is 0.330 e. The van der Waals surface area contributed by atoms with Crippen LogP contribution in [0.5, 0.6) is 0 Å². The number of primary amides is 1. The van der Waals surface area contributed by atoms with Gasteiger partial charge in [0.2, 0.25) is 11.8 Å². The van der Waals surface area contributed by atoms with Crippen LogP contribution < -0.4 is 32.5 Å². The lowest BCUT2D eigenvalue weighted by Gasteiger charge is -2.28. The van der Waals surface area contributed by atoms with E-state index >= 15 is 0 Å². The molecule has 0 atom stereocenters. The van der Waals surface area contributed by atoms with Gasteiger partial charge in [-0.2, -0.15) is 0 Å². The van der Waals surface area contributed by atoms with Crippen molar-refractivity contribution in [1.29, 1.82) is 0 Å². The number of carbonyl (C=O) groups is 2. The number of nitrogens with zero attached hydrogens (tertiary/aromatic N) is 3. The number of hydrogen-bond acceptors (Lipinski definition) is 6. The molecule has 31 heavy (non-hydrogen) atoms. The van der Waals surface area contributed by atoms with Crippen LogP contribution in [0.25, 0.3) is 0 Å². The average molecular weight is 431 g/mol. The van der Waals surface area contributed by atoms with Gasteiger partial charge in [-0.25, -0.2) is 4.79 Å². The largest absolute Gasteiger partial charge is 0.383 e. The molecule has 2 aromatic rings. The standard InChI is InChI=1S/C21H30N6O4/c1-3-5-12-27-19(23)18(20(30)24-21(27)31)25(4-2)14-17(29)26(13-11-16(22)28)15-9-7-6-8-10-15/h6-10H,3-5,11-14,23H2,1-2H3,(H2,22,28)(H,24,30,31). The number of rotatable bonds is 11. The van der Waals surface area contributed by atoms with E-state index in [4.69, 9.17) is 11.5 Å². The fourth-order valence-corrected chi connectivity index (χ4v) is 3.25. The molecular formula is C21H30N6O4. The lowest BCUT2D eigenvalue weighted by molar-refractivity contribution is -0.118. The number of amides is 2. The van der Waals surface area contributed by atoms with E-state index < -0.39 is 17.2 Å². The van der Waals surface area contributed by atoms with E-state index in [2.05, 4.69) is 4.98 Å². The van der Waals surface area contributed by atoms with Crippen molar-refractivity contribution in [3.8, 4) is 0 Å². The number of unbranched alkanes of at least 4 members (excludes halogenated alkanes) is 1. The van der Waals surface area contributed by atoms with Crippen LogP contribution >= 0.6 is 0 Å². The molecule has 0 aliphatic heterocycles. The number of nitrogens with one attached hydrogen (secondary N) is 1. The molecule has 10 heteroatoms. The number of nitrogen functional groups attached to an aromatic ring is 1. The summed E-state index contributed by atoms with van der Waals surface area (Å²) < 4.78 is 1.31. The second kappa shape index (κ2) is 11.0. The maximum atomic E-state index is 13.2. The molecule has 0 saturated heterocycles. The molecule has 2 rings (SSSR count). The Hall–Kier alpha value is -3.56. The summed E-state index contributed by atoms with van der Waals surface area (Å²) in [6.07, 6.45) is 1.56. The van der Waals surface area contributed by atoms with Crippen LogP contribution in [-0.4, -0.2) is 41.0 Å². The van der Waals surface area contributed by atoms with Crippen molar-refractivity contribution in [3.63, 3.8) is 0 Å². The molecule has 0 spiro atoms. The first-order chi connectivity index (χ1) is 14.8. The Morgan fingerprint density at radius 2 is 1.81 bits per heavy atom. The van der Waals surface area contributed by atoms with Crippen molar-refractivity contribution in [2.24, 2.45) is 5.73 Å². The Morgan fingerprint density at radius 1 is 1.13 bits per heavy atom. The van der Waals surface area contributed by atoms with Crippen LogP contribution in [0.3, 0.4) is 0 Å². The highest BCUT2D eigenvalue weighted by Gasteiger charge is 2.23. The number of anilines is 3. The monoisotopic (exact) mass is 430 g/mol. The molecule has 0 fully saturated rings. The first-order valence-electron chi connectivity index (χ1n) is 10.3. The minimum absolute atomic E-state index is 0.00260. The van der Waals surface area contributed by atoms with E-state index in [1.54, 1.807) is 31.2 Å². The fourth-order valence-electron chi connectivity index (χ4n) is 3.25. The third kappa shape index (κ3) is 5.97. The smallest absolute Gasteiger partial charge is 0.330 e. The number of hydrogen-bond donors (Lipinski definition) is 3. The lowest BCUT2D eigenvalue weighted by Crippen LogP contribution is -2.45. The van der Waals surface area contributed by atoms with Crippen LogP contribution in [-0.2, 0) is 16.1 Å². The number of benzene rings is 1. The molecule has 0 aliphatic rings. The predicted molar refractivity (Wildman–Crippen MR) is 121 cm³/mol. The van der Waals surface area contributed by atoms with Gasteiger partial charge in [0.05, 0.1) is 6.54 Å². The van der Waals surface area contributed by atoms with Crippen molar-refractivity contribution in [2.45, 2.75) is 39.7 Å². The van der Waals surface area contributed by atoms with E-state index in [1.165, 1.54) is 14.4 Å². The summed E-state index contributed by atoms with van der Waals surface area (Å²) in [5.41, 5.74) is 10.9. The third-order valence-electron chi connectivity index (χ3n) is 4.92. The van der Waals surface area contributed by atoms with E-state index in [1.807, 2.05) is 13.0 Å². The predicted octanol–water partition coefficient (Wildman–Crippen LogP) is 0.654. The van der Waals surface area contributed by atoms with Crippen molar-refractivity contribution in [2.75, 3.05) is 35.2 Å². The number of H-pyrrole nitrogens is 1. The van der Waals surface area contributed by atoms with Crippen molar-refractivity contribution >= 4 is 29.0 Å². The molecule has 5 N–H and O–H groups in total. The Balaban J connectivity index is 2.37. The van der Waals surface area contributed by atoms with Crippen molar-refractivity contribution in [3.05, 3.63) is 51.2 Å². The Bertz CT molecular complexity index is 1010. The first kappa shape index (κ1) is 23.7. The SMILES string of the molecule is CCCCn1c(N)c(N(CC)CC(=O)N(CCC(N)=O)c2ccccc2)c(=O)[nH]c1=O. The molecule has 0 bridgehead atoms. The molecule has 1 heterocycles. The van der Waals surface area contributed by atoms with E-state index in [9.17, 15) is 19.2 Å². The highest BCUT2D eigenvalue weighted by Crippen LogP contribution is 2.19. The van der Waals surface area contributed by atoms with Gasteiger partial charge < -0.3 is 21.3 Å². The van der Waals surface area contributed by atoms with Gasteiger partial charge in [-0.3, -0.25) is 23.9 Å². The van der Waals surface area contributed by atoms with E-state index in [-0.39, 0.29) is 36.9 Å². The number of aromatic nitrogens is 2. The Morgan fingerprint density at radius 3 is 2.39 bits per heavy atom. The number of para-hydroxylation sites is 1. The molecule has 0 unspecified atom stereocenters. The Labute approximate surface area is 180 Å². The molecule has 0 radical (unpaired) electrons. The highest BCUT2D eigenvalue weighted by atomic mass is 16.2. The maximum absolute atomic E-state index is 13.2. The zero-order valence-corrected chi connectivity index (χ0v) is 18.0. The van der Waals surface area contributed by atoms with Gasteiger partial charge in [0.25, 0.3) is 5.56 Å². The van der Waals surface area contributed by atoms with Gasteiger partial charge in [-0.15, -0.1) is 0 Å². The summed E-state index contributed by atoms with van der Waals surface area (Å²) in [4.78, 5) is 54.4. The first-order valence-corrected chi connectivity index (χ1v) is 10.3. The third-order valence-corrected chi connectivity index (χ3v) is 4.92. The summed E-state index contributed by atoms with van der Waals surface area (Å²) >= 11 is 0. The quantitative estimate of drug-likeness (QED) is 0.477. The molecule has 2 amide bonds. The van der Waals surface area contributed by atoms with Crippen LogP contribution in [0.2, 0.25) is 0 Å². The summed E-state index contributed by atoms with van der Waals surface area (Å²) in [6.45, 7) is 4.38. The van der Waals surface area contributed by atoms with Gasteiger partial charge in [0.15, 0.2) is 0 Å². The second-order valence-corrected chi connectivity index (χ2v) is 7.11. The summed E-state index contributed by atoms with van der Waals surface area (Å²) in [5, 5.41) is 0. The number of aromatic amines is 1. The van der Waals surface area contributed by atoms with Crippen LogP contribution in [0, 0.1) is 0 Å². The summed E-state index contributed by atoms with van der Waals surface area (Å²) in [7, 11) is 0. The minimum atomic E-state index is -0.645. The van der Waals surface area contributed by atoms with E-state index in [0.29, 0.717) is 18.8 Å². The molecule has 0 aliphatic carbocycles. The van der Waals surface area contributed by atoms with E-state index in [0.717, 1.165) is 12.8 Å². The minimum Gasteiger partial charge on any atom is -0.383 e. The zero-order valence-electron chi connectivity index (χ0n) is 18.0. The van der Waals surface area contributed by atoms with Gasteiger partial charge >= 0.3 is 5.69 Å². The highest BCUT2D eigenvalue weighted by molar-refractivity contribution is 5.97. The van der Waals surface area contributed by atoms with Crippen molar-refractivity contribution in [1.82, 2.24) is 9.55 Å². The van der Waals surface area contributed by atoms with Crippen LogP contribution in [0.15, 0.2) is 39.9 Å². The summed E-state index contributed by atoms with van der Waals surface area (Å²) in [5.74, 6) is -0.829. The van der Waals surface area contributed by atoms with Crippen LogP contribution in [0.1, 0.15) is 33.1 Å². The summed E-state index contributed by atoms with van der Waals surface area (Å²) in [6, 6.07) is 8.88. The van der Waals surface area contributed by atoms with Crippen LogP contribution in [0.4, 0.5) is 17.2 Å².